The molecule has 3 rings (SSSR count). The van der Waals surface area contributed by atoms with Gasteiger partial charge in [-0.05, 0) is 29.8 Å². The number of rotatable bonds is 6. The third-order valence-corrected chi connectivity index (χ3v) is 5.61. The molecular weight excluding hydrogens is 434 g/mol. The van der Waals surface area contributed by atoms with Crippen molar-refractivity contribution >= 4 is 69.2 Å². The Bertz CT molecular complexity index is 1020. The number of para-hydroxylation sites is 2. The van der Waals surface area contributed by atoms with E-state index >= 15 is 0 Å². The summed E-state index contributed by atoms with van der Waals surface area (Å²) in [7, 11) is 0. The zero-order valence-corrected chi connectivity index (χ0v) is 17.2. The maximum Gasteiger partial charge on any atom is 0.292 e. The summed E-state index contributed by atoms with van der Waals surface area (Å²) in [6.45, 7) is 0.0785. The van der Waals surface area contributed by atoms with Gasteiger partial charge >= 0.3 is 0 Å². The van der Waals surface area contributed by atoms with Gasteiger partial charge in [0.2, 0.25) is 5.91 Å². The molecule has 0 radical (unpaired) electrons. The average molecular weight is 448 g/mol. The second-order valence-electron chi connectivity index (χ2n) is 5.96. The molecule has 148 valence electrons. The van der Waals surface area contributed by atoms with Crippen molar-refractivity contribution in [2.75, 3.05) is 11.9 Å². The van der Waals surface area contributed by atoms with Crippen LogP contribution in [0.25, 0.3) is 6.08 Å². The number of nitrogens with one attached hydrogen (secondary N) is 1. The number of benzene rings is 2. The number of amides is 2. The van der Waals surface area contributed by atoms with Crippen molar-refractivity contribution in [2.24, 2.45) is 0 Å². The van der Waals surface area contributed by atoms with Crippen molar-refractivity contribution in [3.63, 3.8) is 0 Å². The van der Waals surface area contributed by atoms with E-state index in [2.05, 4.69) is 5.32 Å². The van der Waals surface area contributed by atoms with E-state index in [0.717, 1.165) is 17.3 Å². The van der Waals surface area contributed by atoms with Crippen LogP contribution in [-0.4, -0.2) is 32.5 Å². The highest BCUT2D eigenvalue weighted by Gasteiger charge is 2.32. The van der Waals surface area contributed by atoms with E-state index in [1.807, 2.05) is 0 Å². The fourth-order valence-corrected chi connectivity index (χ4v) is 4.00. The molecule has 1 saturated heterocycles. The van der Waals surface area contributed by atoms with Crippen molar-refractivity contribution in [3.05, 3.63) is 74.1 Å². The summed E-state index contributed by atoms with van der Waals surface area (Å²) in [5.74, 6) is -0.733. The van der Waals surface area contributed by atoms with E-state index < -0.39 is 10.8 Å². The van der Waals surface area contributed by atoms with Crippen LogP contribution in [0.1, 0.15) is 12.0 Å². The van der Waals surface area contributed by atoms with E-state index in [9.17, 15) is 19.7 Å². The minimum atomic E-state index is -0.570. The third-order valence-electron chi connectivity index (χ3n) is 3.98. The number of carbonyl (C=O) groups is 2. The average Bonchev–Trinajstić information content (AvgIpc) is 2.95. The molecule has 0 unspecified atom stereocenters. The zero-order valence-electron chi connectivity index (χ0n) is 14.8. The Labute approximate surface area is 180 Å². The maximum absolute atomic E-state index is 12.6. The monoisotopic (exact) mass is 447 g/mol. The number of carbonyl (C=O) groups excluding carboxylic acids is 2. The van der Waals surface area contributed by atoms with E-state index in [0.29, 0.717) is 14.2 Å². The van der Waals surface area contributed by atoms with Gasteiger partial charge in [-0.3, -0.25) is 24.6 Å². The zero-order chi connectivity index (χ0) is 21.0. The van der Waals surface area contributed by atoms with E-state index in [1.165, 1.54) is 23.1 Å². The van der Waals surface area contributed by atoms with Gasteiger partial charge in [-0.2, -0.15) is 0 Å². The van der Waals surface area contributed by atoms with Crippen molar-refractivity contribution in [1.29, 1.82) is 0 Å². The molecule has 1 fully saturated rings. The first kappa shape index (κ1) is 21.0. The van der Waals surface area contributed by atoms with Gasteiger partial charge in [0.1, 0.15) is 10.0 Å². The number of nitro benzene ring substituents is 1. The Hall–Kier alpha value is -2.75. The predicted molar refractivity (Wildman–Crippen MR) is 118 cm³/mol. The lowest BCUT2D eigenvalue weighted by Gasteiger charge is -2.14. The van der Waals surface area contributed by atoms with Gasteiger partial charge in [0.15, 0.2) is 0 Å². The SMILES string of the molecule is O=C(CCN1C(=O)/C(=C/c2ccc(Cl)cc2)SC1=S)Nc1ccccc1[N+](=O)[O-]. The molecule has 0 spiro atoms. The Kier molecular flexibility index (Phi) is 6.63. The van der Waals surface area contributed by atoms with Crippen LogP contribution in [0.15, 0.2) is 53.4 Å². The molecule has 2 aromatic rings. The van der Waals surface area contributed by atoms with Crippen LogP contribution in [0.2, 0.25) is 5.02 Å². The first-order valence-corrected chi connectivity index (χ1v) is 9.99. The molecule has 7 nitrogen and oxygen atoms in total. The van der Waals surface area contributed by atoms with E-state index in [4.69, 9.17) is 23.8 Å². The van der Waals surface area contributed by atoms with Crippen LogP contribution in [-0.2, 0) is 9.59 Å². The molecule has 1 N–H and O–H groups in total. The number of nitrogens with zero attached hydrogens (tertiary/aromatic N) is 2. The third kappa shape index (κ3) is 5.20. The Morgan fingerprint density at radius 2 is 1.93 bits per heavy atom. The lowest BCUT2D eigenvalue weighted by atomic mass is 10.2. The molecule has 10 heteroatoms. The molecule has 0 aromatic heterocycles. The smallest absolute Gasteiger partial charge is 0.292 e. The Balaban J connectivity index is 1.63. The van der Waals surface area contributed by atoms with Crippen LogP contribution in [0, 0.1) is 10.1 Å². The fraction of sp³-hybridized carbons (Fsp3) is 0.105. The summed E-state index contributed by atoms with van der Waals surface area (Å²) in [4.78, 5) is 37.1. The number of halogens is 1. The maximum atomic E-state index is 12.6. The summed E-state index contributed by atoms with van der Waals surface area (Å²) in [6, 6.07) is 12.9. The van der Waals surface area contributed by atoms with Crippen LogP contribution >= 0.6 is 35.6 Å². The summed E-state index contributed by atoms with van der Waals surface area (Å²) in [5, 5.41) is 14.1. The summed E-state index contributed by atoms with van der Waals surface area (Å²) >= 11 is 12.3. The summed E-state index contributed by atoms with van der Waals surface area (Å²) in [6.07, 6.45) is 1.66. The Morgan fingerprint density at radius 3 is 2.62 bits per heavy atom. The molecule has 0 bridgehead atoms. The van der Waals surface area contributed by atoms with Gasteiger partial charge in [0.05, 0.1) is 9.83 Å². The fourth-order valence-electron chi connectivity index (χ4n) is 2.57. The summed E-state index contributed by atoms with van der Waals surface area (Å²) < 4.78 is 0.355. The lowest BCUT2D eigenvalue weighted by Crippen LogP contribution is -2.31. The van der Waals surface area contributed by atoms with Crippen molar-refractivity contribution in [2.45, 2.75) is 6.42 Å². The largest absolute Gasteiger partial charge is 0.320 e. The number of thioether (sulfide) groups is 1. The van der Waals surface area contributed by atoms with Crippen molar-refractivity contribution in [3.8, 4) is 0 Å². The second kappa shape index (κ2) is 9.17. The van der Waals surface area contributed by atoms with Gasteiger partial charge in [0, 0.05) is 24.1 Å². The number of thiocarbonyl (C=S) groups is 1. The molecule has 1 heterocycles. The lowest BCUT2D eigenvalue weighted by molar-refractivity contribution is -0.383. The van der Waals surface area contributed by atoms with Gasteiger partial charge in [-0.25, -0.2) is 0 Å². The molecule has 0 saturated carbocycles. The van der Waals surface area contributed by atoms with Crippen LogP contribution in [0.5, 0.6) is 0 Å². The molecule has 29 heavy (non-hydrogen) atoms. The molecule has 1 aliphatic heterocycles. The molecule has 0 atom stereocenters. The first-order chi connectivity index (χ1) is 13.8. The molecule has 0 aliphatic carbocycles. The number of hydrogen-bond acceptors (Lipinski definition) is 6. The number of nitro groups is 1. The van der Waals surface area contributed by atoms with Crippen LogP contribution in [0.4, 0.5) is 11.4 Å². The molecule has 1 aliphatic rings. The Morgan fingerprint density at radius 1 is 1.24 bits per heavy atom. The van der Waals surface area contributed by atoms with Gasteiger partial charge in [-0.15, -0.1) is 0 Å². The van der Waals surface area contributed by atoms with Crippen LogP contribution in [0.3, 0.4) is 0 Å². The number of anilines is 1. The summed E-state index contributed by atoms with van der Waals surface area (Å²) in [5.41, 5.74) is 0.719. The highest BCUT2D eigenvalue weighted by Crippen LogP contribution is 2.33. The minimum Gasteiger partial charge on any atom is -0.320 e. The van der Waals surface area contributed by atoms with Crippen molar-refractivity contribution in [1.82, 2.24) is 4.90 Å². The second-order valence-corrected chi connectivity index (χ2v) is 8.07. The first-order valence-electron chi connectivity index (χ1n) is 8.39. The molecule has 2 aromatic carbocycles. The molecule has 2 amide bonds. The highest BCUT2D eigenvalue weighted by atomic mass is 35.5. The standard InChI is InChI=1S/C19H14ClN3O4S2/c20-13-7-5-12(6-8-13)11-16-18(25)22(19(28)29-16)10-9-17(24)21-14-3-1-2-4-15(14)23(26)27/h1-8,11H,9-10H2,(H,21,24)/b16-11-. The van der Waals surface area contributed by atoms with Gasteiger partial charge < -0.3 is 5.32 Å². The predicted octanol–water partition coefficient (Wildman–Crippen LogP) is 4.48. The quantitative estimate of drug-likeness (QED) is 0.304. The van der Waals surface area contributed by atoms with Crippen LogP contribution < -0.4 is 5.32 Å². The number of hydrogen-bond donors (Lipinski definition) is 1. The van der Waals surface area contributed by atoms with Gasteiger partial charge in [0.25, 0.3) is 11.6 Å². The topological polar surface area (TPSA) is 92.6 Å². The van der Waals surface area contributed by atoms with Crippen molar-refractivity contribution < 1.29 is 14.5 Å². The normalized spacial score (nSPS) is 15.1. The minimum absolute atomic E-state index is 0.0489. The molecular formula is C19H14ClN3O4S2. The van der Waals surface area contributed by atoms with E-state index in [-0.39, 0.29) is 30.2 Å². The van der Waals surface area contributed by atoms with Gasteiger partial charge in [-0.1, -0.05) is 59.8 Å². The highest BCUT2D eigenvalue weighted by molar-refractivity contribution is 8.26. The van der Waals surface area contributed by atoms with E-state index in [1.54, 1.807) is 36.4 Å².